The third kappa shape index (κ3) is 4.55. The number of rotatable bonds is 6. The first-order chi connectivity index (χ1) is 14.2. The maximum atomic E-state index is 4.71. The first-order valence-corrected chi connectivity index (χ1v) is 9.45. The fourth-order valence-corrected chi connectivity index (χ4v) is 2.98. The number of nitrogens with one attached hydrogen (secondary N) is 1. The lowest BCUT2D eigenvalue weighted by Gasteiger charge is -2.18. The van der Waals surface area contributed by atoms with E-state index in [2.05, 4.69) is 20.3 Å². The standard InChI is InChI=1S/C23H22N6/c1-17-15-22(28-23(26-17)29(2)19-10-4-3-5-11-19)25-16-18-9-8-13-21(27-18)20-12-6-7-14-24-20/h3-15H,16H2,1-2H3,(H,25,26,28). The highest BCUT2D eigenvalue weighted by Crippen LogP contribution is 2.22. The molecule has 0 radical (unpaired) electrons. The van der Waals surface area contributed by atoms with E-state index in [4.69, 9.17) is 4.98 Å². The second-order valence-corrected chi connectivity index (χ2v) is 6.67. The van der Waals surface area contributed by atoms with Gasteiger partial charge in [0.2, 0.25) is 5.95 Å². The van der Waals surface area contributed by atoms with E-state index < -0.39 is 0 Å². The van der Waals surface area contributed by atoms with E-state index in [1.54, 1.807) is 6.20 Å². The van der Waals surface area contributed by atoms with Crippen LogP contribution in [0.1, 0.15) is 11.4 Å². The largest absolute Gasteiger partial charge is 0.364 e. The molecule has 3 aromatic heterocycles. The number of hydrogen-bond acceptors (Lipinski definition) is 6. The smallest absolute Gasteiger partial charge is 0.231 e. The fraction of sp³-hybridized carbons (Fsp3) is 0.130. The molecule has 144 valence electrons. The number of aryl methyl sites for hydroxylation is 1. The third-order valence-corrected chi connectivity index (χ3v) is 4.47. The third-order valence-electron chi connectivity index (χ3n) is 4.47. The molecular weight excluding hydrogens is 360 g/mol. The van der Waals surface area contributed by atoms with Crippen LogP contribution in [0.4, 0.5) is 17.5 Å². The molecule has 1 N–H and O–H groups in total. The zero-order valence-electron chi connectivity index (χ0n) is 16.4. The van der Waals surface area contributed by atoms with Crippen LogP contribution in [-0.4, -0.2) is 27.0 Å². The summed E-state index contributed by atoms with van der Waals surface area (Å²) in [5, 5.41) is 3.37. The number of anilines is 3. The van der Waals surface area contributed by atoms with Crippen LogP contribution in [0, 0.1) is 6.92 Å². The molecule has 4 aromatic rings. The van der Waals surface area contributed by atoms with E-state index in [9.17, 15) is 0 Å². The lowest BCUT2D eigenvalue weighted by molar-refractivity contribution is 0.982. The second-order valence-electron chi connectivity index (χ2n) is 6.67. The van der Waals surface area contributed by atoms with Crippen molar-refractivity contribution < 1.29 is 0 Å². The molecule has 1 aromatic carbocycles. The summed E-state index contributed by atoms with van der Waals surface area (Å²) < 4.78 is 0. The molecule has 0 fully saturated rings. The predicted molar refractivity (Wildman–Crippen MR) is 116 cm³/mol. The SMILES string of the molecule is Cc1cc(NCc2cccc(-c3ccccn3)n2)nc(N(C)c2ccccc2)n1. The minimum absolute atomic E-state index is 0.561. The second kappa shape index (κ2) is 8.48. The monoisotopic (exact) mass is 382 g/mol. The van der Waals surface area contributed by atoms with Crippen LogP contribution in [0.25, 0.3) is 11.4 Å². The summed E-state index contributed by atoms with van der Waals surface area (Å²) in [4.78, 5) is 20.3. The van der Waals surface area contributed by atoms with Crippen LogP contribution in [0.15, 0.2) is 79.0 Å². The van der Waals surface area contributed by atoms with Gasteiger partial charge in [-0.05, 0) is 43.3 Å². The molecule has 0 aliphatic rings. The summed E-state index contributed by atoms with van der Waals surface area (Å²) in [5.74, 6) is 1.41. The van der Waals surface area contributed by atoms with E-state index in [-0.39, 0.29) is 0 Å². The van der Waals surface area contributed by atoms with Crippen LogP contribution in [-0.2, 0) is 6.54 Å². The number of benzene rings is 1. The van der Waals surface area contributed by atoms with Gasteiger partial charge in [-0.15, -0.1) is 0 Å². The van der Waals surface area contributed by atoms with E-state index in [0.29, 0.717) is 12.5 Å². The first kappa shape index (κ1) is 18.6. The lowest BCUT2D eigenvalue weighted by atomic mass is 10.2. The minimum Gasteiger partial charge on any atom is -0.364 e. The van der Waals surface area contributed by atoms with Crippen LogP contribution in [0.2, 0.25) is 0 Å². The summed E-state index contributed by atoms with van der Waals surface area (Å²) in [7, 11) is 1.96. The lowest BCUT2D eigenvalue weighted by Crippen LogP contribution is -2.15. The first-order valence-electron chi connectivity index (χ1n) is 9.45. The number of para-hydroxylation sites is 1. The average Bonchev–Trinajstić information content (AvgIpc) is 2.78. The minimum atomic E-state index is 0.561. The Morgan fingerprint density at radius 3 is 2.41 bits per heavy atom. The Labute approximate surface area is 170 Å². The van der Waals surface area contributed by atoms with Crippen molar-refractivity contribution in [1.29, 1.82) is 0 Å². The van der Waals surface area contributed by atoms with Crippen molar-refractivity contribution in [3.05, 3.63) is 90.4 Å². The summed E-state index contributed by atoms with van der Waals surface area (Å²) in [6.07, 6.45) is 1.77. The molecule has 0 unspecified atom stereocenters. The van der Waals surface area contributed by atoms with E-state index >= 15 is 0 Å². The molecule has 0 aliphatic carbocycles. The van der Waals surface area contributed by atoms with Crippen molar-refractivity contribution in [1.82, 2.24) is 19.9 Å². The molecule has 0 bridgehead atoms. The molecule has 0 spiro atoms. The molecule has 0 amide bonds. The van der Waals surface area contributed by atoms with Gasteiger partial charge in [-0.1, -0.05) is 30.3 Å². The number of pyridine rings is 2. The predicted octanol–water partition coefficient (Wildman–Crippen LogP) is 4.62. The summed E-state index contributed by atoms with van der Waals surface area (Å²) in [6.45, 7) is 2.53. The Hall–Kier alpha value is -3.80. The van der Waals surface area contributed by atoms with Gasteiger partial charge < -0.3 is 10.2 Å². The van der Waals surface area contributed by atoms with Gasteiger partial charge in [0.1, 0.15) is 5.82 Å². The van der Waals surface area contributed by atoms with Crippen LogP contribution in [0.5, 0.6) is 0 Å². The highest BCUT2D eigenvalue weighted by atomic mass is 15.3. The Morgan fingerprint density at radius 2 is 1.62 bits per heavy atom. The molecule has 0 saturated heterocycles. The molecule has 6 nitrogen and oxygen atoms in total. The zero-order valence-corrected chi connectivity index (χ0v) is 16.4. The maximum Gasteiger partial charge on any atom is 0.231 e. The Balaban J connectivity index is 1.51. The summed E-state index contributed by atoms with van der Waals surface area (Å²) in [5.41, 5.74) is 4.57. The Bertz CT molecular complexity index is 1080. The Kier molecular flexibility index (Phi) is 5.42. The molecule has 29 heavy (non-hydrogen) atoms. The van der Waals surface area contributed by atoms with Gasteiger partial charge in [0.15, 0.2) is 0 Å². The van der Waals surface area contributed by atoms with E-state index in [1.165, 1.54) is 0 Å². The Morgan fingerprint density at radius 1 is 0.828 bits per heavy atom. The van der Waals surface area contributed by atoms with Gasteiger partial charge in [0, 0.05) is 30.7 Å². The maximum absolute atomic E-state index is 4.71. The summed E-state index contributed by atoms with van der Waals surface area (Å²) >= 11 is 0. The van der Waals surface area contributed by atoms with Crippen LogP contribution < -0.4 is 10.2 Å². The van der Waals surface area contributed by atoms with E-state index in [0.717, 1.165) is 34.3 Å². The topological polar surface area (TPSA) is 66.8 Å². The van der Waals surface area contributed by atoms with Crippen LogP contribution >= 0.6 is 0 Å². The molecule has 6 heteroatoms. The van der Waals surface area contributed by atoms with Crippen molar-refractivity contribution >= 4 is 17.5 Å². The number of hydrogen-bond donors (Lipinski definition) is 1. The van der Waals surface area contributed by atoms with Crippen molar-refractivity contribution in [2.45, 2.75) is 13.5 Å². The number of aromatic nitrogens is 4. The molecule has 4 rings (SSSR count). The van der Waals surface area contributed by atoms with Gasteiger partial charge in [-0.25, -0.2) is 9.97 Å². The van der Waals surface area contributed by atoms with E-state index in [1.807, 2.05) is 91.7 Å². The molecule has 0 atom stereocenters. The highest BCUT2D eigenvalue weighted by Gasteiger charge is 2.09. The van der Waals surface area contributed by atoms with Crippen molar-refractivity contribution in [2.24, 2.45) is 0 Å². The van der Waals surface area contributed by atoms with Crippen molar-refractivity contribution in [3.8, 4) is 11.4 Å². The fourth-order valence-electron chi connectivity index (χ4n) is 2.98. The molecule has 3 heterocycles. The average molecular weight is 382 g/mol. The molecule has 0 saturated carbocycles. The summed E-state index contributed by atoms with van der Waals surface area (Å²) in [6, 6.07) is 23.8. The highest BCUT2D eigenvalue weighted by molar-refractivity contribution is 5.58. The van der Waals surface area contributed by atoms with Gasteiger partial charge in [0.05, 0.1) is 23.6 Å². The van der Waals surface area contributed by atoms with Crippen LogP contribution in [0.3, 0.4) is 0 Å². The molecular formula is C23H22N6. The van der Waals surface area contributed by atoms with Gasteiger partial charge >= 0.3 is 0 Å². The van der Waals surface area contributed by atoms with Gasteiger partial charge in [-0.3, -0.25) is 4.98 Å². The van der Waals surface area contributed by atoms with Crippen molar-refractivity contribution in [2.75, 3.05) is 17.3 Å². The zero-order chi connectivity index (χ0) is 20.1. The van der Waals surface area contributed by atoms with Gasteiger partial charge in [0.25, 0.3) is 0 Å². The van der Waals surface area contributed by atoms with Crippen molar-refractivity contribution in [3.63, 3.8) is 0 Å². The quantitative estimate of drug-likeness (QED) is 0.525. The number of nitrogens with zero attached hydrogens (tertiary/aromatic N) is 5. The van der Waals surface area contributed by atoms with Gasteiger partial charge in [-0.2, -0.15) is 4.98 Å². The molecule has 0 aliphatic heterocycles. The normalized spacial score (nSPS) is 10.6.